The van der Waals surface area contributed by atoms with Crippen LogP contribution in [0.5, 0.6) is 0 Å². The van der Waals surface area contributed by atoms with E-state index in [1.807, 2.05) is 20.8 Å². The topological polar surface area (TPSA) is 52.6 Å². The van der Waals surface area contributed by atoms with Crippen LogP contribution in [0.25, 0.3) is 0 Å². The predicted molar refractivity (Wildman–Crippen MR) is 77.0 cm³/mol. The molecule has 20 heavy (non-hydrogen) atoms. The SMILES string of the molecule is C.C.CCC(C)(C)C(=O)OC1C2CC3C(=O)OC1C3C2. The lowest BCUT2D eigenvalue weighted by molar-refractivity contribution is -0.170. The van der Waals surface area contributed by atoms with E-state index in [4.69, 9.17) is 9.47 Å². The van der Waals surface area contributed by atoms with E-state index in [1.54, 1.807) is 0 Å². The molecule has 4 heteroatoms. The van der Waals surface area contributed by atoms with Crippen molar-refractivity contribution in [2.75, 3.05) is 0 Å². The van der Waals surface area contributed by atoms with Crippen LogP contribution in [0.3, 0.4) is 0 Å². The van der Waals surface area contributed by atoms with Crippen LogP contribution >= 0.6 is 0 Å². The van der Waals surface area contributed by atoms with E-state index < -0.39 is 5.41 Å². The van der Waals surface area contributed by atoms with Crippen molar-refractivity contribution in [3.05, 3.63) is 0 Å². The molecule has 0 aromatic carbocycles. The average Bonchev–Trinajstić information content (AvgIpc) is 2.93. The van der Waals surface area contributed by atoms with Crippen LogP contribution in [0.1, 0.15) is 54.9 Å². The third-order valence-corrected chi connectivity index (χ3v) is 5.09. The van der Waals surface area contributed by atoms with Crippen LogP contribution in [0.2, 0.25) is 0 Å². The van der Waals surface area contributed by atoms with E-state index in [-0.39, 0.29) is 44.9 Å². The highest BCUT2D eigenvalue weighted by molar-refractivity contribution is 5.78. The first-order valence-corrected chi connectivity index (χ1v) is 6.85. The Balaban J connectivity index is 0.000001000. The van der Waals surface area contributed by atoms with E-state index in [9.17, 15) is 9.59 Å². The van der Waals surface area contributed by atoms with Crippen molar-refractivity contribution in [1.82, 2.24) is 0 Å². The van der Waals surface area contributed by atoms with Crippen molar-refractivity contribution in [3.63, 3.8) is 0 Å². The van der Waals surface area contributed by atoms with Crippen LogP contribution in [0, 0.1) is 23.2 Å². The lowest BCUT2D eigenvalue weighted by Crippen LogP contribution is -2.39. The highest BCUT2D eigenvalue weighted by Gasteiger charge is 2.63. The second-order valence-corrected chi connectivity index (χ2v) is 6.51. The van der Waals surface area contributed by atoms with Crippen LogP contribution in [-0.4, -0.2) is 24.1 Å². The number of carbonyl (C=O) groups excluding carboxylic acids is 2. The molecule has 4 nitrogen and oxygen atoms in total. The van der Waals surface area contributed by atoms with E-state index in [0.29, 0.717) is 11.8 Å². The molecule has 2 saturated carbocycles. The molecule has 3 rings (SSSR count). The van der Waals surface area contributed by atoms with Gasteiger partial charge in [-0.1, -0.05) is 21.8 Å². The summed E-state index contributed by atoms with van der Waals surface area (Å²) in [6.45, 7) is 5.77. The van der Waals surface area contributed by atoms with E-state index in [2.05, 4.69) is 0 Å². The Morgan fingerprint density at radius 3 is 2.60 bits per heavy atom. The molecule has 3 fully saturated rings. The standard InChI is InChI=1S/C14H20O4.2CH4/c1-4-14(2,3)13(16)18-10-7-5-8-9(6-7)12(15)17-11(8)10;;/h7-11H,4-6H2,1-3H3;2*1H4. The van der Waals surface area contributed by atoms with Crippen molar-refractivity contribution in [2.24, 2.45) is 23.2 Å². The van der Waals surface area contributed by atoms with Crippen LogP contribution in [0.4, 0.5) is 0 Å². The molecule has 1 aliphatic heterocycles. The van der Waals surface area contributed by atoms with Crippen LogP contribution in [0.15, 0.2) is 0 Å². The summed E-state index contributed by atoms with van der Waals surface area (Å²) in [7, 11) is 0. The van der Waals surface area contributed by atoms with E-state index in [1.165, 1.54) is 0 Å². The number of hydrogen-bond acceptors (Lipinski definition) is 4. The Hall–Kier alpha value is -1.06. The monoisotopic (exact) mass is 284 g/mol. The quantitative estimate of drug-likeness (QED) is 0.747. The van der Waals surface area contributed by atoms with Crippen molar-refractivity contribution >= 4 is 11.9 Å². The van der Waals surface area contributed by atoms with Crippen molar-refractivity contribution in [1.29, 1.82) is 0 Å². The third kappa shape index (κ3) is 2.23. The minimum absolute atomic E-state index is 0. The first kappa shape index (κ1) is 17.0. The van der Waals surface area contributed by atoms with Gasteiger partial charge < -0.3 is 9.47 Å². The number of esters is 2. The molecule has 116 valence electrons. The minimum atomic E-state index is -0.455. The van der Waals surface area contributed by atoms with E-state index in [0.717, 1.165) is 19.3 Å². The average molecular weight is 284 g/mol. The molecule has 3 aliphatic rings. The highest BCUT2D eigenvalue weighted by Crippen LogP contribution is 2.55. The Bertz CT molecular complexity index is 401. The van der Waals surface area contributed by atoms with Gasteiger partial charge in [0, 0.05) is 11.8 Å². The van der Waals surface area contributed by atoms with Gasteiger partial charge in [0.05, 0.1) is 11.3 Å². The molecule has 5 atom stereocenters. The maximum atomic E-state index is 12.1. The summed E-state index contributed by atoms with van der Waals surface area (Å²) < 4.78 is 11.0. The number of hydrogen-bond donors (Lipinski definition) is 0. The van der Waals surface area contributed by atoms with Gasteiger partial charge in [0.2, 0.25) is 0 Å². The maximum absolute atomic E-state index is 12.1. The normalized spacial score (nSPS) is 37.0. The van der Waals surface area contributed by atoms with Crippen LogP contribution in [-0.2, 0) is 19.1 Å². The number of fused-ring (bicyclic) bond motifs is 1. The summed E-state index contributed by atoms with van der Waals surface area (Å²) in [6.07, 6.45) is 2.20. The van der Waals surface area contributed by atoms with E-state index >= 15 is 0 Å². The van der Waals surface area contributed by atoms with Crippen molar-refractivity contribution in [3.8, 4) is 0 Å². The fourth-order valence-corrected chi connectivity index (χ4v) is 3.49. The molecular weight excluding hydrogens is 256 g/mol. The molecular formula is C16H28O4. The zero-order valence-electron chi connectivity index (χ0n) is 11.1. The lowest BCUT2D eigenvalue weighted by Gasteiger charge is -2.29. The second kappa shape index (κ2) is 5.38. The summed E-state index contributed by atoms with van der Waals surface area (Å²) in [4.78, 5) is 23.7. The summed E-state index contributed by atoms with van der Waals surface area (Å²) in [5.41, 5.74) is -0.455. The Morgan fingerprint density at radius 1 is 1.35 bits per heavy atom. The third-order valence-electron chi connectivity index (χ3n) is 5.09. The number of carbonyl (C=O) groups is 2. The van der Waals surface area contributed by atoms with Gasteiger partial charge >= 0.3 is 11.9 Å². The molecule has 0 amide bonds. The predicted octanol–water partition coefficient (Wildman–Crippen LogP) is 3.19. The van der Waals surface area contributed by atoms with Gasteiger partial charge in [0.15, 0.2) is 0 Å². The Morgan fingerprint density at radius 2 is 2.00 bits per heavy atom. The van der Waals surface area contributed by atoms with Gasteiger partial charge in [0.25, 0.3) is 0 Å². The minimum Gasteiger partial charge on any atom is -0.458 e. The molecule has 0 radical (unpaired) electrons. The lowest BCUT2D eigenvalue weighted by atomic mass is 9.87. The summed E-state index contributed by atoms with van der Waals surface area (Å²) in [5, 5.41) is 0. The summed E-state index contributed by atoms with van der Waals surface area (Å²) >= 11 is 0. The fourth-order valence-electron chi connectivity index (χ4n) is 3.49. The van der Waals surface area contributed by atoms with Gasteiger partial charge in [-0.3, -0.25) is 9.59 Å². The largest absolute Gasteiger partial charge is 0.458 e. The molecule has 1 heterocycles. The molecule has 0 N–H and O–H groups in total. The van der Waals surface area contributed by atoms with Gasteiger partial charge in [-0.25, -0.2) is 0 Å². The number of ether oxygens (including phenoxy) is 2. The maximum Gasteiger partial charge on any atom is 0.311 e. The molecule has 0 spiro atoms. The van der Waals surface area contributed by atoms with Gasteiger partial charge in [-0.2, -0.15) is 0 Å². The fraction of sp³-hybridized carbons (Fsp3) is 0.875. The second-order valence-electron chi connectivity index (χ2n) is 6.51. The van der Waals surface area contributed by atoms with Crippen LogP contribution < -0.4 is 0 Å². The van der Waals surface area contributed by atoms with Gasteiger partial charge in [0.1, 0.15) is 12.2 Å². The smallest absolute Gasteiger partial charge is 0.311 e. The van der Waals surface area contributed by atoms with Gasteiger partial charge in [-0.15, -0.1) is 0 Å². The first-order valence-electron chi connectivity index (χ1n) is 6.85. The molecule has 2 aliphatic carbocycles. The molecule has 0 aromatic rings. The summed E-state index contributed by atoms with van der Waals surface area (Å²) in [5.74, 6) is 0.454. The highest BCUT2D eigenvalue weighted by atomic mass is 16.6. The molecule has 2 bridgehead atoms. The zero-order chi connectivity index (χ0) is 13.1. The van der Waals surface area contributed by atoms with Crippen molar-refractivity contribution < 1.29 is 19.1 Å². The zero-order valence-corrected chi connectivity index (χ0v) is 11.1. The molecule has 0 aromatic heterocycles. The Labute approximate surface area is 122 Å². The summed E-state index contributed by atoms with van der Waals surface area (Å²) in [6, 6.07) is 0. The Kier molecular flexibility index (Phi) is 4.57. The first-order chi connectivity index (χ1) is 8.44. The molecule has 1 saturated heterocycles. The molecule has 5 unspecified atom stereocenters. The van der Waals surface area contributed by atoms with Gasteiger partial charge in [-0.05, 0) is 33.1 Å². The van der Waals surface area contributed by atoms with Crippen molar-refractivity contribution in [2.45, 2.75) is 67.1 Å². The number of rotatable bonds is 3.